The second-order valence-corrected chi connectivity index (χ2v) is 13.8. The maximum Gasteiger partial charge on any atom is 0.253 e. The summed E-state index contributed by atoms with van der Waals surface area (Å²) in [5.74, 6) is -4.25. The number of ketones is 2. The number of unbranched alkanes of at least 4 members (excludes halogenated alkanes) is 2. The quantitative estimate of drug-likeness (QED) is 0.0441. The van der Waals surface area contributed by atoms with Crippen molar-refractivity contribution < 1.29 is 63.7 Å². The number of hydrogen-bond acceptors (Lipinski definition) is 15. The van der Waals surface area contributed by atoms with E-state index in [9.17, 15) is 49.5 Å². The lowest BCUT2D eigenvalue weighted by molar-refractivity contribution is -0.245. The van der Waals surface area contributed by atoms with Crippen molar-refractivity contribution >= 4 is 47.4 Å². The number of nitrogens with zero attached hydrogens (tertiary/aromatic N) is 2. The van der Waals surface area contributed by atoms with Crippen molar-refractivity contribution in [3.63, 3.8) is 0 Å². The number of fused-ring (bicyclic) bond motifs is 3. The van der Waals surface area contributed by atoms with E-state index in [4.69, 9.17) is 19.9 Å². The lowest BCUT2D eigenvalue weighted by atomic mass is 9.71. The molecule has 0 radical (unpaired) electrons. The third-order valence-corrected chi connectivity index (χ3v) is 10.3. The Labute approximate surface area is 321 Å². The number of halogens is 1. The van der Waals surface area contributed by atoms with Crippen LogP contribution in [-0.4, -0.2) is 116 Å². The summed E-state index contributed by atoms with van der Waals surface area (Å²) in [6, 6.07) is 3.57. The van der Waals surface area contributed by atoms with E-state index in [0.717, 1.165) is 4.90 Å². The van der Waals surface area contributed by atoms with Crippen LogP contribution in [0.4, 0.5) is 0 Å². The summed E-state index contributed by atoms with van der Waals surface area (Å²) in [5, 5.41) is 60.5. The van der Waals surface area contributed by atoms with Crippen LogP contribution in [0.1, 0.15) is 94.5 Å². The number of amides is 3. The lowest BCUT2D eigenvalue weighted by Crippen LogP contribution is -2.53. The number of ether oxygens (including phenoxy) is 3. The topological polar surface area (TPSA) is 268 Å². The minimum absolute atomic E-state index is 0. The molecule has 2 aromatic carbocycles. The summed E-state index contributed by atoms with van der Waals surface area (Å²) < 4.78 is 17.4. The van der Waals surface area contributed by atoms with Gasteiger partial charge in [-0.3, -0.25) is 28.9 Å². The van der Waals surface area contributed by atoms with Crippen LogP contribution in [0.2, 0.25) is 0 Å². The first kappa shape index (κ1) is 41.4. The molecule has 2 aliphatic heterocycles. The van der Waals surface area contributed by atoms with E-state index in [2.05, 4.69) is 10.5 Å². The molecule has 4 unspecified atom stereocenters. The molecule has 2 aliphatic carbocycles. The van der Waals surface area contributed by atoms with Crippen LogP contribution in [0.15, 0.2) is 35.5 Å². The van der Waals surface area contributed by atoms with E-state index in [1.807, 2.05) is 0 Å². The molecule has 6 rings (SSSR count). The number of phenolic OH excluding ortho intramolecular Hbond substituents is 2. The number of rotatable bonds is 12. The minimum atomic E-state index is -2.16. The summed E-state index contributed by atoms with van der Waals surface area (Å²) in [6.45, 7) is 0.910. The summed E-state index contributed by atoms with van der Waals surface area (Å²) in [6.07, 6.45) is -1.56. The first-order valence-electron chi connectivity index (χ1n) is 17.5. The number of phenols is 2. The van der Waals surface area contributed by atoms with Crippen molar-refractivity contribution in [1.82, 2.24) is 10.3 Å². The Kier molecular flexibility index (Phi) is 12.5. The number of hydrazone groups is 1. The van der Waals surface area contributed by atoms with E-state index >= 15 is 0 Å². The van der Waals surface area contributed by atoms with E-state index in [-0.39, 0.29) is 65.5 Å². The molecule has 6 atom stereocenters. The molecule has 0 aromatic heterocycles. The van der Waals surface area contributed by atoms with Crippen molar-refractivity contribution in [2.45, 2.75) is 88.1 Å². The Hall–Kier alpha value is -4.75. The fraction of sp³-hybridized carbons (Fsp3) is 0.459. The molecule has 18 heteroatoms. The molecule has 2 aromatic rings. The number of nitrogens with two attached hydrogens (primary N) is 1. The molecular weight excluding hydrogens is 744 g/mol. The molecule has 2 heterocycles. The average molecular weight is 787 g/mol. The van der Waals surface area contributed by atoms with Gasteiger partial charge in [-0.25, -0.2) is 5.43 Å². The van der Waals surface area contributed by atoms with E-state index in [1.165, 1.54) is 37.5 Å². The number of benzene rings is 2. The van der Waals surface area contributed by atoms with Gasteiger partial charge in [0.25, 0.3) is 11.8 Å². The molecular formula is C37H43ClN4O13. The molecule has 0 spiro atoms. The normalized spacial score (nSPS) is 26.0. The van der Waals surface area contributed by atoms with E-state index in [0.29, 0.717) is 19.3 Å². The number of hydrogen-bond donors (Lipinski definition) is 7. The van der Waals surface area contributed by atoms with Crippen molar-refractivity contribution in [1.29, 1.82) is 0 Å². The molecule has 1 saturated heterocycles. The number of carbonyl (C=O) groups is 5. The zero-order valence-corrected chi connectivity index (χ0v) is 30.8. The lowest BCUT2D eigenvalue weighted by Gasteiger charge is -2.43. The van der Waals surface area contributed by atoms with Crippen LogP contribution in [-0.2, 0) is 30.3 Å². The van der Waals surface area contributed by atoms with Crippen LogP contribution in [0.25, 0.3) is 0 Å². The number of carbonyl (C=O) groups excluding carboxylic acids is 5. The van der Waals surface area contributed by atoms with Crippen molar-refractivity contribution in [2.24, 2.45) is 10.8 Å². The van der Waals surface area contributed by atoms with Gasteiger partial charge in [-0.1, -0.05) is 18.6 Å². The van der Waals surface area contributed by atoms with Gasteiger partial charge in [0.05, 0.1) is 54.4 Å². The maximum absolute atomic E-state index is 14.0. The Morgan fingerprint density at radius 2 is 1.75 bits per heavy atom. The third-order valence-electron chi connectivity index (χ3n) is 10.3. The van der Waals surface area contributed by atoms with E-state index in [1.54, 1.807) is 6.92 Å². The first-order valence-corrected chi connectivity index (χ1v) is 17.5. The third kappa shape index (κ3) is 7.73. The SMILES string of the molecule is COc1cccc2c1C(=O)c1c(O)c3c(c(O)c1C2=O)C[C@@](O)(/C(CO)=N/NC(=O)CCCCCN1C(=O)C=CC1=O)C[C@@H]3OC1CC(N)C(O)C(C)O1.Cl. The molecule has 8 N–H and O–H groups in total. The summed E-state index contributed by atoms with van der Waals surface area (Å²) in [7, 11) is 1.32. The fourth-order valence-electron chi connectivity index (χ4n) is 7.47. The second kappa shape index (κ2) is 16.5. The van der Waals surface area contributed by atoms with Crippen molar-refractivity contribution in [3.05, 3.63) is 63.7 Å². The Bertz CT molecular complexity index is 1940. The highest BCUT2D eigenvalue weighted by atomic mass is 35.5. The summed E-state index contributed by atoms with van der Waals surface area (Å²) in [4.78, 5) is 65.1. The largest absolute Gasteiger partial charge is 0.507 e. The molecule has 296 valence electrons. The predicted octanol–water partition coefficient (Wildman–Crippen LogP) is 0.812. The van der Waals surface area contributed by atoms with Gasteiger partial charge in [-0.15, -0.1) is 12.4 Å². The smallest absolute Gasteiger partial charge is 0.253 e. The Morgan fingerprint density at radius 1 is 1.05 bits per heavy atom. The number of nitrogens with one attached hydrogen (secondary N) is 1. The van der Waals surface area contributed by atoms with Crippen molar-refractivity contribution in [3.8, 4) is 17.2 Å². The zero-order valence-electron chi connectivity index (χ0n) is 30.0. The van der Waals surface area contributed by atoms with Gasteiger partial charge in [0.1, 0.15) is 22.8 Å². The molecule has 3 amide bonds. The van der Waals surface area contributed by atoms with Gasteiger partial charge >= 0.3 is 0 Å². The van der Waals surface area contributed by atoms with Crippen molar-refractivity contribution in [2.75, 3.05) is 20.3 Å². The minimum Gasteiger partial charge on any atom is -0.507 e. The highest BCUT2D eigenvalue weighted by molar-refractivity contribution is 6.31. The summed E-state index contributed by atoms with van der Waals surface area (Å²) >= 11 is 0. The zero-order chi connectivity index (χ0) is 39.1. The monoisotopic (exact) mass is 786 g/mol. The Balaban J connectivity index is 0.00000580. The van der Waals surface area contributed by atoms with Gasteiger partial charge in [-0.2, -0.15) is 5.10 Å². The fourth-order valence-corrected chi connectivity index (χ4v) is 7.47. The van der Waals surface area contributed by atoms with Crippen LogP contribution < -0.4 is 15.9 Å². The van der Waals surface area contributed by atoms with Gasteiger partial charge in [0, 0.05) is 67.1 Å². The second-order valence-electron chi connectivity index (χ2n) is 13.8. The van der Waals surface area contributed by atoms with Gasteiger partial charge in [-0.05, 0) is 25.8 Å². The Morgan fingerprint density at radius 3 is 2.40 bits per heavy atom. The average Bonchev–Trinajstić information content (AvgIpc) is 3.46. The van der Waals surface area contributed by atoms with Crippen LogP contribution in [0.3, 0.4) is 0 Å². The van der Waals surface area contributed by atoms with E-state index < -0.39 is 108 Å². The molecule has 55 heavy (non-hydrogen) atoms. The summed E-state index contributed by atoms with van der Waals surface area (Å²) in [5.41, 5.74) is 4.46. The van der Waals surface area contributed by atoms with Crippen LogP contribution >= 0.6 is 12.4 Å². The number of aliphatic hydroxyl groups is 3. The molecule has 0 saturated carbocycles. The van der Waals surface area contributed by atoms with Gasteiger partial charge < -0.3 is 45.5 Å². The molecule has 1 fully saturated rings. The standard InChI is InChI=1S/C37H42N4O13.ClH/c1-17-32(46)20(38)13-27(53-17)54-22-15-37(51,23(16-42)39-40-24(43)9-4-3-5-12-41-25(44)10-11-26(41)45)14-19-29(22)36(50)31-30(34(19)48)33(47)18-7-6-8-21(52-2)28(18)35(31)49;/h6-8,10-11,17,20,22,27,32,42,46,48,50-51H,3-5,9,12-16,38H2,1-2H3,(H,40,43);1H/b39-23+;/t17?,20?,22-,27?,32?,37-;/m0./s1. The number of imide groups is 1. The molecule has 17 nitrogen and oxygen atoms in total. The highest BCUT2D eigenvalue weighted by Gasteiger charge is 2.49. The maximum atomic E-state index is 14.0. The number of aromatic hydroxyl groups is 2. The number of methoxy groups -OCH3 is 1. The van der Waals surface area contributed by atoms with Crippen LogP contribution in [0.5, 0.6) is 17.2 Å². The van der Waals surface area contributed by atoms with Crippen LogP contribution in [0, 0.1) is 0 Å². The first-order chi connectivity index (χ1) is 25.7. The highest BCUT2D eigenvalue weighted by Crippen LogP contribution is 2.52. The predicted molar refractivity (Wildman–Crippen MR) is 194 cm³/mol. The molecule has 0 bridgehead atoms. The van der Waals surface area contributed by atoms with Gasteiger partial charge in [0.15, 0.2) is 12.1 Å². The van der Waals surface area contributed by atoms with Gasteiger partial charge in [0.2, 0.25) is 11.7 Å². The molecule has 4 aliphatic rings. The number of aliphatic hydroxyl groups excluding tert-OH is 2.